The molecule has 5 rings (SSSR count). The van der Waals surface area contributed by atoms with Crippen molar-refractivity contribution < 1.29 is 22.3 Å². The summed E-state index contributed by atoms with van der Waals surface area (Å²) in [5, 5.41) is 4.60. The molecule has 0 saturated carbocycles. The van der Waals surface area contributed by atoms with Crippen molar-refractivity contribution in [2.24, 2.45) is 0 Å². The smallest absolute Gasteiger partial charge is 0.270 e. The minimum absolute atomic E-state index is 0.0253. The van der Waals surface area contributed by atoms with Crippen molar-refractivity contribution in [2.75, 3.05) is 9.62 Å². The minimum Gasteiger partial charge on any atom is -0.457 e. The molecule has 0 saturated heterocycles. The number of hydrogen-bond donors (Lipinski definition) is 1. The number of thiophene rings is 1. The SMILES string of the molecule is O=C1/C(=C/Nc2ccc(Oc3ccccc3)cc2)S(=O)(=O)N(Cc2ccc(F)cc2)c2ccsc21. The number of Topliss-reactive ketones (excluding diaryl/α,β-unsaturated/α-hetero) is 1. The van der Waals surface area contributed by atoms with Crippen molar-refractivity contribution >= 4 is 38.5 Å². The van der Waals surface area contributed by atoms with Gasteiger partial charge in [-0.25, -0.2) is 12.8 Å². The molecule has 1 N–H and O–H groups in total. The van der Waals surface area contributed by atoms with Crippen molar-refractivity contribution in [1.29, 1.82) is 0 Å². The van der Waals surface area contributed by atoms with Gasteiger partial charge in [0.2, 0.25) is 5.78 Å². The summed E-state index contributed by atoms with van der Waals surface area (Å²) in [6.45, 7) is -0.0253. The summed E-state index contributed by atoms with van der Waals surface area (Å²) in [6.07, 6.45) is 1.21. The molecule has 9 heteroatoms. The molecule has 1 aromatic heterocycles. The number of carbonyl (C=O) groups is 1. The molecule has 0 fully saturated rings. The number of nitrogens with one attached hydrogen (secondary N) is 1. The average molecular weight is 507 g/mol. The van der Waals surface area contributed by atoms with E-state index in [0.717, 1.165) is 0 Å². The molecule has 1 aliphatic heterocycles. The molecule has 0 aliphatic carbocycles. The van der Waals surface area contributed by atoms with E-state index in [0.29, 0.717) is 33.3 Å². The van der Waals surface area contributed by atoms with Gasteiger partial charge in [-0.15, -0.1) is 11.3 Å². The van der Waals surface area contributed by atoms with Crippen LogP contribution in [0.25, 0.3) is 0 Å². The molecule has 2 heterocycles. The second kappa shape index (κ2) is 9.36. The summed E-state index contributed by atoms with van der Waals surface area (Å²) in [4.78, 5) is 13.0. The third-order valence-electron chi connectivity index (χ3n) is 5.35. The Hall–Kier alpha value is -3.95. The quantitative estimate of drug-likeness (QED) is 0.317. The number of rotatable bonds is 6. The number of allylic oxidation sites excluding steroid dienone is 1. The summed E-state index contributed by atoms with van der Waals surface area (Å²) in [5.41, 5.74) is 1.51. The maximum atomic E-state index is 13.4. The van der Waals surface area contributed by atoms with Gasteiger partial charge in [0.15, 0.2) is 4.91 Å². The van der Waals surface area contributed by atoms with Crippen LogP contribution in [0.15, 0.2) is 101 Å². The van der Waals surface area contributed by atoms with Gasteiger partial charge in [-0.2, -0.15) is 0 Å². The molecular formula is C26H19FN2O4S2. The number of carbonyl (C=O) groups excluding carboxylic acids is 1. The number of para-hydroxylation sites is 1. The summed E-state index contributed by atoms with van der Waals surface area (Å²) in [5.74, 6) is 0.334. The fourth-order valence-electron chi connectivity index (χ4n) is 3.60. The van der Waals surface area contributed by atoms with Gasteiger partial charge in [0.25, 0.3) is 10.0 Å². The van der Waals surface area contributed by atoms with Crippen LogP contribution < -0.4 is 14.4 Å². The van der Waals surface area contributed by atoms with Crippen LogP contribution in [0.2, 0.25) is 0 Å². The third kappa shape index (κ3) is 4.68. The largest absolute Gasteiger partial charge is 0.457 e. The van der Waals surface area contributed by atoms with Gasteiger partial charge >= 0.3 is 0 Å². The van der Waals surface area contributed by atoms with Gasteiger partial charge in [0.1, 0.15) is 22.2 Å². The first-order valence-corrected chi connectivity index (χ1v) is 12.9. The van der Waals surface area contributed by atoms with Crippen molar-refractivity contribution in [1.82, 2.24) is 0 Å². The van der Waals surface area contributed by atoms with Gasteiger partial charge in [0.05, 0.1) is 12.2 Å². The van der Waals surface area contributed by atoms with Crippen molar-refractivity contribution in [2.45, 2.75) is 6.54 Å². The Balaban J connectivity index is 1.40. The van der Waals surface area contributed by atoms with Gasteiger partial charge in [-0.05, 0) is 65.5 Å². The second-order valence-electron chi connectivity index (χ2n) is 7.69. The number of nitrogens with zero attached hydrogens (tertiary/aromatic N) is 1. The summed E-state index contributed by atoms with van der Waals surface area (Å²) in [6, 6.07) is 23.4. The summed E-state index contributed by atoms with van der Waals surface area (Å²) in [7, 11) is -4.15. The lowest BCUT2D eigenvalue weighted by atomic mass is 10.2. The fraction of sp³-hybridized carbons (Fsp3) is 0.0385. The molecule has 0 bridgehead atoms. The molecule has 0 radical (unpaired) electrons. The van der Waals surface area contributed by atoms with Gasteiger partial charge in [-0.3, -0.25) is 9.10 Å². The minimum atomic E-state index is -4.15. The Morgan fingerprint density at radius 2 is 1.60 bits per heavy atom. The highest BCUT2D eigenvalue weighted by Gasteiger charge is 2.41. The van der Waals surface area contributed by atoms with Crippen molar-refractivity contribution in [3.05, 3.63) is 118 Å². The molecule has 35 heavy (non-hydrogen) atoms. The topological polar surface area (TPSA) is 75.7 Å². The van der Waals surface area contributed by atoms with E-state index in [-0.39, 0.29) is 11.4 Å². The first kappa shape index (κ1) is 22.8. The summed E-state index contributed by atoms with van der Waals surface area (Å²) >= 11 is 1.18. The maximum Gasteiger partial charge on any atom is 0.270 e. The van der Waals surface area contributed by atoms with Crippen LogP contribution in [0.3, 0.4) is 0 Å². The lowest BCUT2D eigenvalue weighted by molar-refractivity contribution is 0.104. The molecular weight excluding hydrogens is 487 g/mol. The van der Waals surface area contributed by atoms with Gasteiger partial charge in [0, 0.05) is 11.9 Å². The Morgan fingerprint density at radius 1 is 0.914 bits per heavy atom. The van der Waals surface area contributed by atoms with Crippen LogP contribution in [0.5, 0.6) is 11.5 Å². The number of ketones is 1. The van der Waals surface area contributed by atoms with E-state index in [1.807, 2.05) is 30.3 Å². The first-order chi connectivity index (χ1) is 16.9. The highest BCUT2D eigenvalue weighted by atomic mass is 32.2. The van der Waals surface area contributed by atoms with Crippen molar-refractivity contribution in [3.8, 4) is 11.5 Å². The monoisotopic (exact) mass is 506 g/mol. The van der Waals surface area contributed by atoms with Crippen LogP contribution in [-0.4, -0.2) is 14.2 Å². The van der Waals surface area contributed by atoms with Gasteiger partial charge < -0.3 is 10.1 Å². The average Bonchev–Trinajstić information content (AvgIpc) is 3.34. The Labute approximate surface area is 206 Å². The number of fused-ring (bicyclic) bond motifs is 1. The lowest BCUT2D eigenvalue weighted by Gasteiger charge is -2.29. The zero-order valence-electron chi connectivity index (χ0n) is 18.2. The standard InChI is InChI=1S/C26H19FN2O4S2/c27-19-8-6-18(7-9-19)17-29-23-14-15-34-26(23)25(30)24(35(29,31)32)16-28-20-10-12-22(13-11-20)33-21-4-2-1-3-5-21/h1-16,28H,17H2/b24-16-. The van der Waals surface area contributed by atoms with E-state index in [1.54, 1.807) is 35.7 Å². The molecule has 0 spiro atoms. The molecule has 6 nitrogen and oxygen atoms in total. The number of ether oxygens (including phenoxy) is 1. The van der Waals surface area contributed by atoms with Crippen LogP contribution in [-0.2, 0) is 16.6 Å². The predicted octanol–water partition coefficient (Wildman–Crippen LogP) is 6.17. The second-order valence-corrected chi connectivity index (χ2v) is 10.4. The zero-order chi connectivity index (χ0) is 24.4. The van der Waals surface area contributed by atoms with Crippen molar-refractivity contribution in [3.63, 3.8) is 0 Å². The van der Waals surface area contributed by atoms with Crippen LogP contribution in [0.1, 0.15) is 15.2 Å². The lowest BCUT2D eigenvalue weighted by Crippen LogP contribution is -2.38. The molecule has 0 unspecified atom stereocenters. The van der Waals surface area contributed by atoms with E-state index in [4.69, 9.17) is 4.74 Å². The van der Waals surface area contributed by atoms with E-state index in [9.17, 15) is 17.6 Å². The predicted molar refractivity (Wildman–Crippen MR) is 135 cm³/mol. The Morgan fingerprint density at radius 3 is 2.31 bits per heavy atom. The number of benzene rings is 3. The van der Waals surface area contributed by atoms with E-state index < -0.39 is 21.6 Å². The van der Waals surface area contributed by atoms with E-state index in [2.05, 4.69) is 5.32 Å². The highest BCUT2D eigenvalue weighted by molar-refractivity contribution is 7.97. The number of hydrogen-bond acceptors (Lipinski definition) is 6. The van der Waals surface area contributed by atoms with Gasteiger partial charge in [-0.1, -0.05) is 30.3 Å². The van der Waals surface area contributed by atoms with Crippen LogP contribution in [0, 0.1) is 5.82 Å². The molecule has 0 amide bonds. The molecule has 4 aromatic rings. The Bertz CT molecular complexity index is 1500. The number of halogens is 1. The number of anilines is 2. The fourth-order valence-corrected chi connectivity index (χ4v) is 6.09. The molecule has 176 valence electrons. The number of sulfonamides is 1. The third-order valence-corrected chi connectivity index (χ3v) is 8.02. The zero-order valence-corrected chi connectivity index (χ0v) is 19.9. The summed E-state index contributed by atoms with van der Waals surface area (Å²) < 4.78 is 47.1. The Kier molecular flexibility index (Phi) is 6.10. The normalized spacial score (nSPS) is 15.6. The maximum absolute atomic E-state index is 13.4. The van der Waals surface area contributed by atoms with E-state index >= 15 is 0 Å². The van der Waals surface area contributed by atoms with E-state index in [1.165, 1.54) is 46.1 Å². The molecule has 3 aromatic carbocycles. The first-order valence-electron chi connectivity index (χ1n) is 10.6. The highest BCUT2D eigenvalue weighted by Crippen LogP contribution is 2.39. The van der Waals surface area contributed by atoms with Crippen LogP contribution in [0.4, 0.5) is 15.8 Å². The van der Waals surface area contributed by atoms with Crippen LogP contribution >= 0.6 is 11.3 Å². The molecule has 1 aliphatic rings. The molecule has 0 atom stereocenters.